The largest absolute Gasteiger partial charge is 0.444 e. The van der Waals surface area contributed by atoms with Gasteiger partial charge in [-0.25, -0.2) is 14.4 Å². The Morgan fingerprint density at radius 3 is 1.14 bits per heavy atom. The fraction of sp³-hybridized carbons (Fsp3) is 0.774. The second-order valence-corrected chi connectivity index (χ2v) is 11.7. The predicted molar refractivity (Wildman–Crippen MR) is 166 cm³/mol. The molecule has 5 amide bonds. The summed E-state index contributed by atoms with van der Waals surface area (Å²) in [4.78, 5) is 92.9. The molecule has 0 N–H and O–H groups in total. The maximum atomic E-state index is 12.6. The molecule has 2 saturated heterocycles. The Labute approximate surface area is 290 Å². The molecule has 0 radical (unpaired) electrons. The second-order valence-electron chi connectivity index (χ2n) is 11.7. The summed E-state index contributed by atoms with van der Waals surface area (Å²) in [6.07, 6.45) is -0.628. The average molecular weight is 720 g/mol. The van der Waals surface area contributed by atoms with Crippen LogP contribution >= 0.6 is 0 Å². The molecule has 2 rings (SSSR count). The van der Waals surface area contributed by atoms with Gasteiger partial charge in [-0.2, -0.15) is 0 Å². The molecule has 0 aliphatic carbocycles. The third kappa shape index (κ3) is 18.3. The summed E-state index contributed by atoms with van der Waals surface area (Å²) in [5.41, 5.74) is -0.679. The van der Waals surface area contributed by atoms with Crippen molar-refractivity contribution in [2.75, 3.05) is 92.4 Å². The Bertz CT molecular complexity index is 1020. The van der Waals surface area contributed by atoms with Gasteiger partial charge in [0.1, 0.15) is 5.60 Å². The molecule has 0 saturated carbocycles. The van der Waals surface area contributed by atoms with Gasteiger partial charge in [0.05, 0.1) is 92.1 Å². The van der Waals surface area contributed by atoms with E-state index in [1.54, 1.807) is 20.8 Å². The molecule has 19 nitrogen and oxygen atoms in total. The molecular weight excluding hydrogens is 670 g/mol. The summed E-state index contributed by atoms with van der Waals surface area (Å²) < 4.78 is 38.1. The van der Waals surface area contributed by atoms with Crippen molar-refractivity contribution in [3.8, 4) is 0 Å². The lowest BCUT2D eigenvalue weighted by Crippen LogP contribution is -2.40. The fourth-order valence-corrected chi connectivity index (χ4v) is 3.98. The number of imide groups is 2. The molecule has 0 unspecified atom stereocenters. The zero-order valence-electron chi connectivity index (χ0n) is 29.0. The van der Waals surface area contributed by atoms with Crippen molar-refractivity contribution in [1.29, 1.82) is 0 Å². The number of hydrogen-bond donors (Lipinski definition) is 0. The molecule has 2 aliphatic heterocycles. The van der Waals surface area contributed by atoms with E-state index in [1.807, 2.05) is 0 Å². The minimum atomic E-state index is -0.738. The standard InChI is InChI=1S/C31H49N3O16/c1-31(2,3)48-30(41)32(10-14-44-18-22-46-20-16-42-12-8-28(39)49-33-24(35)4-5-25(33)36)11-15-45-19-23-47-21-17-43-13-9-29(40)50-34-26(37)6-7-27(34)38/h4-23H2,1-3H3. The van der Waals surface area contributed by atoms with E-state index in [2.05, 4.69) is 0 Å². The van der Waals surface area contributed by atoms with Gasteiger partial charge in [0.25, 0.3) is 23.6 Å². The van der Waals surface area contributed by atoms with Gasteiger partial charge in [0.2, 0.25) is 0 Å². The Morgan fingerprint density at radius 1 is 0.520 bits per heavy atom. The number of carbonyl (C=O) groups is 7. The lowest BCUT2D eigenvalue weighted by atomic mass is 10.2. The predicted octanol–water partition coefficient (Wildman–Crippen LogP) is 0.318. The van der Waals surface area contributed by atoms with Crippen LogP contribution in [0.2, 0.25) is 0 Å². The maximum Gasteiger partial charge on any atom is 0.410 e. The quantitative estimate of drug-likeness (QED) is 0.0870. The zero-order chi connectivity index (χ0) is 36.8. The highest BCUT2D eigenvalue weighted by atomic mass is 16.7. The van der Waals surface area contributed by atoms with Crippen molar-refractivity contribution in [1.82, 2.24) is 15.0 Å². The highest BCUT2D eigenvalue weighted by Crippen LogP contribution is 2.14. The van der Waals surface area contributed by atoms with Crippen molar-refractivity contribution in [3.63, 3.8) is 0 Å². The van der Waals surface area contributed by atoms with Gasteiger partial charge in [0, 0.05) is 38.8 Å². The number of hydrogen-bond acceptors (Lipinski definition) is 16. The second kappa shape index (κ2) is 23.6. The molecule has 2 heterocycles. The molecule has 50 heavy (non-hydrogen) atoms. The van der Waals surface area contributed by atoms with Crippen molar-refractivity contribution in [2.24, 2.45) is 0 Å². The van der Waals surface area contributed by atoms with Crippen LogP contribution < -0.4 is 0 Å². The van der Waals surface area contributed by atoms with Crippen LogP contribution in [0.3, 0.4) is 0 Å². The lowest BCUT2D eigenvalue weighted by molar-refractivity contribution is -0.198. The van der Waals surface area contributed by atoms with E-state index in [-0.39, 0.29) is 131 Å². The highest BCUT2D eigenvalue weighted by molar-refractivity contribution is 6.02. The van der Waals surface area contributed by atoms with Crippen molar-refractivity contribution in [3.05, 3.63) is 0 Å². The van der Waals surface area contributed by atoms with E-state index >= 15 is 0 Å². The van der Waals surface area contributed by atoms with Crippen molar-refractivity contribution >= 4 is 41.7 Å². The van der Waals surface area contributed by atoms with Crippen LogP contribution in [-0.2, 0) is 71.6 Å². The van der Waals surface area contributed by atoms with Gasteiger partial charge < -0.3 is 47.7 Å². The smallest absolute Gasteiger partial charge is 0.410 e. The summed E-state index contributed by atoms with van der Waals surface area (Å²) in [6, 6.07) is 0. The lowest BCUT2D eigenvalue weighted by Gasteiger charge is -2.27. The van der Waals surface area contributed by atoms with E-state index in [0.717, 1.165) is 0 Å². The van der Waals surface area contributed by atoms with E-state index in [1.165, 1.54) is 4.90 Å². The Balaban J connectivity index is 1.45. The van der Waals surface area contributed by atoms with E-state index < -0.39 is 47.3 Å². The molecular formula is C31H49N3O16. The fourth-order valence-electron chi connectivity index (χ4n) is 3.98. The van der Waals surface area contributed by atoms with Crippen molar-refractivity contribution < 1.29 is 76.4 Å². The van der Waals surface area contributed by atoms with Gasteiger partial charge in [-0.05, 0) is 20.8 Å². The van der Waals surface area contributed by atoms with Crippen LogP contribution in [0.4, 0.5) is 4.79 Å². The first-order valence-electron chi connectivity index (χ1n) is 16.4. The number of hydroxylamine groups is 4. The molecule has 0 aromatic heterocycles. The molecule has 2 fully saturated rings. The number of nitrogens with zero attached hydrogens (tertiary/aromatic N) is 3. The summed E-state index contributed by atoms with van der Waals surface area (Å²) in [6.45, 7) is 8.43. The highest BCUT2D eigenvalue weighted by Gasteiger charge is 2.33. The Hall–Kier alpha value is -3.75. The maximum absolute atomic E-state index is 12.6. The van der Waals surface area contributed by atoms with Crippen LogP contribution in [-0.4, -0.2) is 155 Å². The van der Waals surface area contributed by atoms with Gasteiger partial charge in [-0.3, -0.25) is 19.2 Å². The van der Waals surface area contributed by atoms with Crippen LogP contribution in [0.1, 0.15) is 59.3 Å². The van der Waals surface area contributed by atoms with E-state index in [9.17, 15) is 33.6 Å². The molecule has 19 heteroatoms. The molecule has 0 spiro atoms. The average Bonchev–Trinajstić information content (AvgIpc) is 3.54. The number of carbonyl (C=O) groups excluding carboxylic acids is 7. The molecule has 0 aromatic carbocycles. The van der Waals surface area contributed by atoms with Gasteiger partial charge in [0.15, 0.2) is 0 Å². The van der Waals surface area contributed by atoms with Crippen molar-refractivity contribution in [2.45, 2.75) is 64.9 Å². The summed E-state index contributed by atoms with van der Waals surface area (Å²) >= 11 is 0. The molecule has 2 aliphatic rings. The molecule has 0 atom stereocenters. The van der Waals surface area contributed by atoms with Gasteiger partial charge >= 0.3 is 18.0 Å². The number of rotatable bonds is 26. The minimum absolute atomic E-state index is 0.0300. The topological polar surface area (TPSA) is 212 Å². The monoisotopic (exact) mass is 719 g/mol. The minimum Gasteiger partial charge on any atom is -0.444 e. The Morgan fingerprint density at radius 2 is 0.820 bits per heavy atom. The van der Waals surface area contributed by atoms with Gasteiger partial charge in [-0.1, -0.05) is 0 Å². The first kappa shape index (κ1) is 42.4. The van der Waals surface area contributed by atoms with E-state index in [4.69, 9.17) is 42.8 Å². The zero-order valence-corrected chi connectivity index (χ0v) is 29.0. The Kier molecular flexibility index (Phi) is 20.0. The van der Waals surface area contributed by atoms with Gasteiger partial charge in [-0.15, -0.1) is 10.1 Å². The third-order valence-corrected chi connectivity index (χ3v) is 6.45. The van der Waals surface area contributed by atoms with E-state index in [0.29, 0.717) is 10.1 Å². The summed E-state index contributed by atoms with van der Waals surface area (Å²) in [5.74, 6) is -3.63. The van der Waals surface area contributed by atoms with Crippen LogP contribution in [0.5, 0.6) is 0 Å². The first-order chi connectivity index (χ1) is 23.9. The van der Waals surface area contributed by atoms with Crippen LogP contribution in [0, 0.1) is 0 Å². The SMILES string of the molecule is CC(C)(C)OC(=O)N(CCOCCOCCOCCC(=O)ON1C(=O)CCC1=O)CCOCCOCCOCCC(=O)ON1C(=O)CCC1=O. The number of amides is 5. The first-order valence-corrected chi connectivity index (χ1v) is 16.4. The normalized spacial score (nSPS) is 14.9. The number of ether oxygens (including phenoxy) is 7. The van der Waals surface area contributed by atoms with Crippen LogP contribution in [0.15, 0.2) is 0 Å². The summed E-state index contributed by atoms with van der Waals surface area (Å²) in [7, 11) is 0. The molecule has 284 valence electrons. The summed E-state index contributed by atoms with van der Waals surface area (Å²) in [5, 5.41) is 0.987. The van der Waals surface area contributed by atoms with Crippen LogP contribution in [0.25, 0.3) is 0 Å². The third-order valence-electron chi connectivity index (χ3n) is 6.45. The molecule has 0 bridgehead atoms. The molecule has 0 aromatic rings.